The van der Waals surface area contributed by atoms with Gasteiger partial charge in [0.1, 0.15) is 5.69 Å². The van der Waals surface area contributed by atoms with Crippen LogP contribution in [0.15, 0.2) is 12.1 Å². The van der Waals surface area contributed by atoms with Crippen molar-refractivity contribution in [3.8, 4) is 0 Å². The summed E-state index contributed by atoms with van der Waals surface area (Å²) in [6, 6.07) is 2.68. The topological polar surface area (TPSA) is 84.3 Å². The van der Waals surface area contributed by atoms with Crippen molar-refractivity contribution in [3.05, 3.63) is 32.8 Å². The highest BCUT2D eigenvalue weighted by Crippen LogP contribution is 2.33. The molecule has 0 unspecified atom stereocenters. The van der Waals surface area contributed by atoms with Gasteiger partial charge in [-0.1, -0.05) is 24.9 Å². The summed E-state index contributed by atoms with van der Waals surface area (Å²) in [6.07, 6.45) is 1.82. The van der Waals surface area contributed by atoms with Gasteiger partial charge in [0.15, 0.2) is 0 Å². The molecule has 0 saturated heterocycles. The van der Waals surface area contributed by atoms with Crippen molar-refractivity contribution in [3.63, 3.8) is 0 Å². The van der Waals surface area contributed by atoms with E-state index in [1.807, 2.05) is 13.8 Å². The molecule has 1 aromatic carbocycles. The fraction of sp³-hybridized carbons (Fsp3) is 0.462. The molecule has 7 heteroatoms. The highest BCUT2D eigenvalue weighted by molar-refractivity contribution is 6.34. The normalized spacial score (nSPS) is 10.2. The van der Waals surface area contributed by atoms with Crippen molar-refractivity contribution in [2.24, 2.45) is 0 Å². The first-order valence-corrected chi connectivity index (χ1v) is 6.89. The van der Waals surface area contributed by atoms with Gasteiger partial charge in [0.2, 0.25) is 0 Å². The molecule has 0 bridgehead atoms. The van der Waals surface area contributed by atoms with Crippen molar-refractivity contribution < 1.29 is 9.72 Å². The van der Waals surface area contributed by atoms with Gasteiger partial charge in [-0.15, -0.1) is 0 Å². The molecular weight excluding hydrogens is 282 g/mol. The maximum Gasteiger partial charge on any atom is 0.294 e. The summed E-state index contributed by atoms with van der Waals surface area (Å²) in [4.78, 5) is 22.4. The zero-order chi connectivity index (χ0) is 15.1. The molecule has 0 aromatic heterocycles. The summed E-state index contributed by atoms with van der Waals surface area (Å²) in [5.41, 5.74) is 0.240. The Kier molecular flexibility index (Phi) is 6.24. The lowest BCUT2D eigenvalue weighted by Crippen LogP contribution is -2.24. The van der Waals surface area contributed by atoms with E-state index >= 15 is 0 Å². The summed E-state index contributed by atoms with van der Waals surface area (Å²) in [5.74, 6) is -0.355. The molecule has 0 aliphatic rings. The number of carbonyl (C=O) groups excluding carboxylic acids is 1. The zero-order valence-electron chi connectivity index (χ0n) is 11.5. The van der Waals surface area contributed by atoms with Crippen LogP contribution in [-0.2, 0) is 0 Å². The lowest BCUT2D eigenvalue weighted by molar-refractivity contribution is -0.384. The second kappa shape index (κ2) is 7.69. The number of nitro groups is 1. The molecule has 0 atom stereocenters. The van der Waals surface area contributed by atoms with Crippen molar-refractivity contribution in [1.82, 2.24) is 5.32 Å². The molecule has 20 heavy (non-hydrogen) atoms. The van der Waals surface area contributed by atoms with Gasteiger partial charge < -0.3 is 10.6 Å². The predicted octanol–water partition coefficient (Wildman–Crippen LogP) is 3.21. The van der Waals surface area contributed by atoms with Gasteiger partial charge >= 0.3 is 0 Å². The monoisotopic (exact) mass is 299 g/mol. The quantitative estimate of drug-likeness (QED) is 0.460. The second-order valence-corrected chi connectivity index (χ2v) is 4.66. The maximum absolute atomic E-state index is 11.9. The number of amides is 1. The lowest BCUT2D eigenvalue weighted by atomic mass is 10.1. The molecule has 110 valence electrons. The summed E-state index contributed by atoms with van der Waals surface area (Å²) >= 11 is 6.02. The number of nitrogens with zero attached hydrogens (tertiary/aromatic N) is 1. The zero-order valence-corrected chi connectivity index (χ0v) is 12.3. The van der Waals surface area contributed by atoms with Gasteiger partial charge in [-0.05, 0) is 19.4 Å². The highest BCUT2D eigenvalue weighted by atomic mass is 35.5. The van der Waals surface area contributed by atoms with Gasteiger partial charge in [0.05, 0.1) is 9.95 Å². The molecule has 0 aliphatic carbocycles. The standard InChI is InChI=1S/C13H18ClN3O3/c1-3-5-6-16-13(18)9-7-10(14)12(15-4-2)11(8-9)17(19)20/h7-8,15H,3-6H2,1-2H3,(H,16,18). The van der Waals surface area contributed by atoms with Gasteiger partial charge in [0.25, 0.3) is 11.6 Å². The van der Waals surface area contributed by atoms with Crippen LogP contribution in [0.2, 0.25) is 5.02 Å². The van der Waals surface area contributed by atoms with E-state index in [4.69, 9.17) is 11.6 Å². The third kappa shape index (κ3) is 4.09. The maximum atomic E-state index is 11.9. The molecule has 0 aliphatic heterocycles. The Morgan fingerprint density at radius 1 is 1.40 bits per heavy atom. The van der Waals surface area contributed by atoms with Crippen LogP contribution in [0, 0.1) is 10.1 Å². The molecule has 0 radical (unpaired) electrons. The Morgan fingerprint density at radius 3 is 2.65 bits per heavy atom. The van der Waals surface area contributed by atoms with E-state index < -0.39 is 4.92 Å². The Hall–Kier alpha value is -1.82. The SMILES string of the molecule is CCCCNC(=O)c1cc(Cl)c(NCC)c([N+](=O)[O-])c1. The molecule has 0 heterocycles. The van der Waals surface area contributed by atoms with Gasteiger partial charge in [0, 0.05) is 24.7 Å². The van der Waals surface area contributed by atoms with Gasteiger partial charge in [-0.2, -0.15) is 0 Å². The first-order chi connectivity index (χ1) is 9.51. The molecule has 1 aromatic rings. The van der Waals surface area contributed by atoms with Crippen molar-refractivity contribution in [2.75, 3.05) is 18.4 Å². The smallest absolute Gasteiger partial charge is 0.294 e. The number of carbonyl (C=O) groups is 1. The third-order valence-electron chi connectivity index (χ3n) is 2.70. The Morgan fingerprint density at radius 2 is 2.10 bits per heavy atom. The van der Waals surface area contributed by atoms with Crippen molar-refractivity contribution in [1.29, 1.82) is 0 Å². The van der Waals surface area contributed by atoms with E-state index in [0.29, 0.717) is 13.1 Å². The fourth-order valence-electron chi connectivity index (χ4n) is 1.70. The van der Waals surface area contributed by atoms with Crippen molar-refractivity contribution >= 4 is 28.9 Å². The molecule has 0 spiro atoms. The van der Waals surface area contributed by atoms with Crippen LogP contribution < -0.4 is 10.6 Å². The fourth-order valence-corrected chi connectivity index (χ4v) is 1.98. The molecule has 0 saturated carbocycles. The number of unbranched alkanes of at least 4 members (excludes halogenated alkanes) is 1. The average Bonchev–Trinajstić information content (AvgIpc) is 2.40. The molecule has 0 fully saturated rings. The van der Waals surface area contributed by atoms with Gasteiger partial charge in [-0.3, -0.25) is 14.9 Å². The number of nitro benzene ring substituents is 1. The Balaban J connectivity index is 3.05. The Labute approximate surface area is 122 Å². The lowest BCUT2D eigenvalue weighted by Gasteiger charge is -2.10. The minimum Gasteiger partial charge on any atom is -0.379 e. The summed E-state index contributed by atoms with van der Waals surface area (Å²) in [5, 5.41) is 16.8. The van der Waals surface area contributed by atoms with Crippen LogP contribution >= 0.6 is 11.6 Å². The van der Waals surface area contributed by atoms with E-state index in [1.165, 1.54) is 12.1 Å². The minimum atomic E-state index is -0.549. The van der Waals surface area contributed by atoms with Crippen LogP contribution in [0.1, 0.15) is 37.0 Å². The highest BCUT2D eigenvalue weighted by Gasteiger charge is 2.20. The molecule has 1 amide bonds. The number of hydrogen-bond acceptors (Lipinski definition) is 4. The molecule has 1 rings (SSSR count). The van der Waals surface area contributed by atoms with E-state index in [9.17, 15) is 14.9 Å². The second-order valence-electron chi connectivity index (χ2n) is 4.25. The van der Waals surface area contributed by atoms with Crippen LogP contribution in [0.25, 0.3) is 0 Å². The van der Waals surface area contributed by atoms with Crippen LogP contribution in [0.3, 0.4) is 0 Å². The molecular formula is C13H18ClN3O3. The van der Waals surface area contributed by atoms with Crippen LogP contribution in [-0.4, -0.2) is 23.9 Å². The van der Waals surface area contributed by atoms with E-state index in [1.54, 1.807) is 0 Å². The summed E-state index contributed by atoms with van der Waals surface area (Å²) in [6.45, 7) is 4.86. The van der Waals surface area contributed by atoms with Crippen molar-refractivity contribution in [2.45, 2.75) is 26.7 Å². The summed E-state index contributed by atoms with van der Waals surface area (Å²) in [7, 11) is 0. The number of benzene rings is 1. The Bertz CT molecular complexity index is 506. The summed E-state index contributed by atoms with van der Waals surface area (Å²) < 4.78 is 0. The average molecular weight is 300 g/mol. The number of rotatable bonds is 7. The number of hydrogen-bond donors (Lipinski definition) is 2. The number of nitrogens with one attached hydrogen (secondary N) is 2. The third-order valence-corrected chi connectivity index (χ3v) is 3.00. The minimum absolute atomic E-state index is 0.168. The van der Waals surface area contributed by atoms with E-state index in [2.05, 4.69) is 10.6 Å². The van der Waals surface area contributed by atoms with Crippen LogP contribution in [0.4, 0.5) is 11.4 Å². The molecule has 2 N–H and O–H groups in total. The van der Waals surface area contributed by atoms with E-state index in [0.717, 1.165) is 12.8 Å². The number of anilines is 1. The van der Waals surface area contributed by atoms with Gasteiger partial charge in [-0.25, -0.2) is 0 Å². The van der Waals surface area contributed by atoms with Crippen LogP contribution in [0.5, 0.6) is 0 Å². The first-order valence-electron chi connectivity index (χ1n) is 6.51. The number of halogens is 1. The molecule has 6 nitrogen and oxygen atoms in total. The first kappa shape index (κ1) is 16.2. The predicted molar refractivity (Wildman–Crippen MR) is 79.5 cm³/mol. The largest absolute Gasteiger partial charge is 0.379 e. The van der Waals surface area contributed by atoms with E-state index in [-0.39, 0.29) is 27.9 Å².